The molecule has 1 N–H and O–H groups in total. The molecule has 0 unspecified atom stereocenters. The first-order chi connectivity index (χ1) is 13.6. The van der Waals surface area contributed by atoms with Gasteiger partial charge in [-0.15, -0.1) is 0 Å². The molecule has 1 atom stereocenters. The zero-order valence-corrected chi connectivity index (χ0v) is 17.2. The second-order valence-electron chi connectivity index (χ2n) is 7.74. The van der Waals surface area contributed by atoms with E-state index in [1.165, 1.54) is 0 Å². The van der Waals surface area contributed by atoms with Gasteiger partial charge < -0.3 is 14.6 Å². The number of rotatable bonds is 7. The summed E-state index contributed by atoms with van der Waals surface area (Å²) < 4.78 is 5.68. The molecule has 1 aliphatic heterocycles. The lowest BCUT2D eigenvalue weighted by Gasteiger charge is -2.32. The molecule has 0 aromatic carbocycles. The summed E-state index contributed by atoms with van der Waals surface area (Å²) in [7, 11) is 1.87. The number of hydrogen-bond donors (Lipinski definition) is 1. The Hall–Kier alpha value is -2.34. The van der Waals surface area contributed by atoms with Crippen LogP contribution in [0.15, 0.2) is 41.1 Å². The number of furan rings is 1. The Morgan fingerprint density at radius 3 is 2.75 bits per heavy atom. The SMILES string of the molecule is CC[C@H](c1cccnc1)N(C)C(=O)NCC1CCN(Cc2ccc(C)o2)CC1. The minimum Gasteiger partial charge on any atom is -0.465 e. The zero-order chi connectivity index (χ0) is 19.9. The highest BCUT2D eigenvalue weighted by Crippen LogP contribution is 2.23. The number of aryl methyl sites for hydroxylation is 1. The fourth-order valence-electron chi connectivity index (χ4n) is 3.94. The van der Waals surface area contributed by atoms with Gasteiger partial charge in [0.1, 0.15) is 11.5 Å². The summed E-state index contributed by atoms with van der Waals surface area (Å²) in [6, 6.07) is 8.06. The predicted octanol–water partition coefficient (Wildman–Crippen LogP) is 3.99. The summed E-state index contributed by atoms with van der Waals surface area (Å²) in [5.74, 6) is 2.53. The van der Waals surface area contributed by atoms with Crippen LogP contribution >= 0.6 is 0 Å². The molecule has 0 aliphatic carbocycles. The van der Waals surface area contributed by atoms with Gasteiger partial charge in [-0.3, -0.25) is 9.88 Å². The van der Waals surface area contributed by atoms with E-state index in [1.54, 1.807) is 11.1 Å². The van der Waals surface area contributed by atoms with Crippen LogP contribution in [0.3, 0.4) is 0 Å². The normalized spacial score (nSPS) is 16.7. The van der Waals surface area contributed by atoms with Crippen molar-refractivity contribution in [1.29, 1.82) is 0 Å². The zero-order valence-electron chi connectivity index (χ0n) is 17.2. The van der Waals surface area contributed by atoms with Crippen LogP contribution in [0, 0.1) is 12.8 Å². The van der Waals surface area contributed by atoms with Crippen LogP contribution in [-0.2, 0) is 6.54 Å². The number of piperidine rings is 1. The molecular formula is C22H32N4O2. The van der Waals surface area contributed by atoms with Crippen LogP contribution in [0.2, 0.25) is 0 Å². The third-order valence-electron chi connectivity index (χ3n) is 5.67. The Labute approximate surface area is 167 Å². The maximum Gasteiger partial charge on any atom is 0.317 e. The lowest BCUT2D eigenvalue weighted by Crippen LogP contribution is -2.43. The van der Waals surface area contributed by atoms with Gasteiger partial charge >= 0.3 is 6.03 Å². The van der Waals surface area contributed by atoms with Crippen molar-refractivity contribution in [1.82, 2.24) is 20.1 Å². The van der Waals surface area contributed by atoms with Gasteiger partial charge in [0.2, 0.25) is 0 Å². The van der Waals surface area contributed by atoms with Crippen LogP contribution in [0.25, 0.3) is 0 Å². The van der Waals surface area contributed by atoms with E-state index in [2.05, 4.69) is 28.2 Å². The molecule has 0 spiro atoms. The monoisotopic (exact) mass is 384 g/mol. The topological polar surface area (TPSA) is 61.6 Å². The van der Waals surface area contributed by atoms with Crippen LogP contribution in [0.5, 0.6) is 0 Å². The lowest BCUT2D eigenvalue weighted by atomic mass is 9.97. The number of carbonyl (C=O) groups is 1. The van der Waals surface area contributed by atoms with E-state index >= 15 is 0 Å². The molecule has 6 heteroatoms. The van der Waals surface area contributed by atoms with Gasteiger partial charge in [-0.2, -0.15) is 0 Å². The van der Waals surface area contributed by atoms with E-state index in [4.69, 9.17) is 4.42 Å². The van der Waals surface area contributed by atoms with Gasteiger partial charge in [0.05, 0.1) is 12.6 Å². The summed E-state index contributed by atoms with van der Waals surface area (Å²) >= 11 is 0. The fraction of sp³-hybridized carbons (Fsp3) is 0.545. The van der Waals surface area contributed by atoms with Gasteiger partial charge in [-0.1, -0.05) is 13.0 Å². The summed E-state index contributed by atoms with van der Waals surface area (Å²) in [5.41, 5.74) is 1.07. The average Bonchev–Trinajstić information content (AvgIpc) is 3.13. The van der Waals surface area contributed by atoms with Crippen molar-refractivity contribution in [2.45, 2.75) is 45.7 Å². The number of likely N-dealkylation sites (tertiary alicyclic amines) is 1. The largest absolute Gasteiger partial charge is 0.465 e. The Balaban J connectivity index is 1.42. The molecule has 2 aromatic heterocycles. The number of nitrogens with one attached hydrogen (secondary N) is 1. The van der Waals surface area contributed by atoms with Crippen molar-refractivity contribution in [3.63, 3.8) is 0 Å². The molecule has 6 nitrogen and oxygen atoms in total. The van der Waals surface area contributed by atoms with Crippen molar-refractivity contribution in [2.24, 2.45) is 5.92 Å². The van der Waals surface area contributed by atoms with Crippen molar-refractivity contribution in [3.8, 4) is 0 Å². The van der Waals surface area contributed by atoms with E-state index in [-0.39, 0.29) is 12.1 Å². The fourth-order valence-corrected chi connectivity index (χ4v) is 3.94. The van der Waals surface area contributed by atoms with Crippen LogP contribution < -0.4 is 5.32 Å². The quantitative estimate of drug-likeness (QED) is 0.784. The number of pyridine rings is 1. The molecule has 2 aromatic rings. The van der Waals surface area contributed by atoms with Gasteiger partial charge in [0.15, 0.2) is 0 Å². The lowest BCUT2D eigenvalue weighted by molar-refractivity contribution is 0.158. The van der Waals surface area contributed by atoms with Crippen molar-refractivity contribution in [2.75, 3.05) is 26.7 Å². The number of urea groups is 1. The molecular weight excluding hydrogens is 352 g/mol. The summed E-state index contributed by atoms with van der Waals surface area (Å²) in [4.78, 5) is 21.0. The second kappa shape index (κ2) is 9.73. The summed E-state index contributed by atoms with van der Waals surface area (Å²) in [6.45, 7) is 7.77. The molecule has 0 radical (unpaired) electrons. The standard InChI is InChI=1S/C22H32N4O2/c1-4-21(19-6-5-11-23-15-19)25(3)22(27)24-14-18-9-12-26(13-10-18)16-20-8-7-17(2)28-20/h5-8,11,15,18,21H,4,9-10,12-14,16H2,1-3H3,(H,24,27)/t21-/m1/s1. The van der Waals surface area contributed by atoms with Crippen LogP contribution in [0.1, 0.15) is 49.3 Å². The highest BCUT2D eigenvalue weighted by Gasteiger charge is 2.23. The summed E-state index contributed by atoms with van der Waals surface area (Å²) in [6.07, 6.45) is 6.66. The average molecular weight is 385 g/mol. The van der Waals surface area contributed by atoms with Crippen molar-refractivity contribution < 1.29 is 9.21 Å². The highest BCUT2D eigenvalue weighted by atomic mass is 16.3. The Bertz CT molecular complexity index is 738. The first-order valence-corrected chi connectivity index (χ1v) is 10.2. The summed E-state index contributed by atoms with van der Waals surface area (Å²) in [5, 5.41) is 3.13. The van der Waals surface area contributed by atoms with Gasteiger partial charge in [-0.25, -0.2) is 4.79 Å². The van der Waals surface area contributed by atoms with Crippen LogP contribution in [0.4, 0.5) is 4.79 Å². The third kappa shape index (κ3) is 5.35. The molecule has 1 fully saturated rings. The molecule has 152 valence electrons. The van der Waals surface area contributed by atoms with Gasteiger partial charge in [0, 0.05) is 26.0 Å². The molecule has 1 saturated heterocycles. The number of amides is 2. The predicted molar refractivity (Wildman–Crippen MR) is 110 cm³/mol. The number of aromatic nitrogens is 1. The Kier molecular flexibility index (Phi) is 7.09. The maximum absolute atomic E-state index is 12.6. The third-order valence-corrected chi connectivity index (χ3v) is 5.67. The van der Waals surface area contributed by atoms with Gasteiger partial charge in [0.25, 0.3) is 0 Å². The second-order valence-corrected chi connectivity index (χ2v) is 7.74. The van der Waals surface area contributed by atoms with E-state index in [0.717, 1.165) is 62.5 Å². The minimum atomic E-state index is -0.0100. The van der Waals surface area contributed by atoms with Crippen molar-refractivity contribution >= 4 is 6.03 Å². The first-order valence-electron chi connectivity index (χ1n) is 10.2. The molecule has 3 rings (SSSR count). The molecule has 2 amide bonds. The molecule has 0 saturated carbocycles. The van der Waals surface area contributed by atoms with E-state index < -0.39 is 0 Å². The van der Waals surface area contributed by atoms with E-state index in [9.17, 15) is 4.79 Å². The molecule has 28 heavy (non-hydrogen) atoms. The van der Waals surface area contributed by atoms with E-state index in [1.807, 2.05) is 38.4 Å². The first kappa shape index (κ1) is 20.4. The molecule has 0 bridgehead atoms. The highest BCUT2D eigenvalue weighted by molar-refractivity contribution is 5.74. The smallest absolute Gasteiger partial charge is 0.317 e. The minimum absolute atomic E-state index is 0.0100. The Morgan fingerprint density at radius 1 is 1.36 bits per heavy atom. The Morgan fingerprint density at radius 2 is 2.14 bits per heavy atom. The van der Waals surface area contributed by atoms with Crippen molar-refractivity contribution in [3.05, 3.63) is 53.7 Å². The molecule has 1 aliphatic rings. The molecule has 3 heterocycles. The number of nitrogens with zero attached hydrogens (tertiary/aromatic N) is 3. The number of carbonyl (C=O) groups excluding carboxylic acids is 1. The van der Waals surface area contributed by atoms with Crippen LogP contribution in [-0.4, -0.2) is 47.5 Å². The maximum atomic E-state index is 12.6. The van der Waals surface area contributed by atoms with E-state index in [0.29, 0.717) is 5.92 Å². The van der Waals surface area contributed by atoms with Gasteiger partial charge in [-0.05, 0) is 69.0 Å². The number of hydrogen-bond acceptors (Lipinski definition) is 4.